The smallest absolute Gasteiger partial charge is 0.264 e. The van der Waals surface area contributed by atoms with Gasteiger partial charge in [-0.15, -0.1) is 22.7 Å². The number of carbonyl (C=O) groups is 2. The summed E-state index contributed by atoms with van der Waals surface area (Å²) in [5.41, 5.74) is 1.38. The van der Waals surface area contributed by atoms with Crippen molar-refractivity contribution in [2.45, 2.75) is 31.2 Å². The maximum Gasteiger partial charge on any atom is 0.264 e. The number of carbonyl (C=O) groups excluding carboxylic acids is 2. The minimum absolute atomic E-state index is 0.0131. The highest BCUT2D eigenvalue weighted by molar-refractivity contribution is 7.18. The molecule has 3 aliphatic rings. The number of aromatic nitrogens is 1. The minimum Gasteiger partial charge on any atom is -0.336 e. The van der Waals surface area contributed by atoms with E-state index >= 15 is 0 Å². The molecule has 0 unspecified atom stereocenters. The second kappa shape index (κ2) is 8.58. The van der Waals surface area contributed by atoms with Crippen LogP contribution in [0.2, 0.25) is 0 Å². The molecule has 2 fully saturated rings. The number of thiazole rings is 1. The molecule has 158 valence electrons. The minimum atomic E-state index is -0.119. The Balaban J connectivity index is 1.15. The molecule has 7 nitrogen and oxygen atoms in total. The van der Waals surface area contributed by atoms with Gasteiger partial charge < -0.3 is 20.9 Å². The van der Waals surface area contributed by atoms with Crippen molar-refractivity contribution in [1.29, 1.82) is 0 Å². The molecule has 2 aromatic heterocycles. The number of amides is 2. The maximum absolute atomic E-state index is 12.8. The van der Waals surface area contributed by atoms with E-state index in [9.17, 15) is 9.59 Å². The van der Waals surface area contributed by atoms with E-state index in [1.54, 1.807) is 11.3 Å². The number of hydrogen-bond donors (Lipinski definition) is 3. The van der Waals surface area contributed by atoms with E-state index in [0.717, 1.165) is 48.9 Å². The van der Waals surface area contributed by atoms with Crippen molar-refractivity contribution in [2.24, 2.45) is 0 Å². The molecule has 0 spiro atoms. The van der Waals surface area contributed by atoms with Gasteiger partial charge in [0.25, 0.3) is 5.91 Å². The third-order valence-corrected chi connectivity index (χ3v) is 8.09. The van der Waals surface area contributed by atoms with Gasteiger partial charge in [0.05, 0.1) is 25.8 Å². The molecule has 2 aromatic rings. The number of rotatable bonds is 5. The fourth-order valence-corrected chi connectivity index (χ4v) is 6.01. The summed E-state index contributed by atoms with van der Waals surface area (Å²) in [5, 5.41) is 11.3. The SMILES string of the molecule is O=C(Nc1ccc(C(=O)N2CC(c3ncc(C4=CCNCC4)s3)C2)s1)[C@@H]1CCCN1. The van der Waals surface area contributed by atoms with Gasteiger partial charge in [-0.1, -0.05) is 6.08 Å². The number of nitrogens with zero attached hydrogens (tertiary/aromatic N) is 2. The Bertz CT molecular complexity index is 970. The van der Waals surface area contributed by atoms with E-state index in [-0.39, 0.29) is 17.9 Å². The lowest BCUT2D eigenvalue weighted by atomic mass is 10.0. The number of hydrogen-bond acceptors (Lipinski definition) is 7. The number of anilines is 1. The van der Waals surface area contributed by atoms with Crippen LogP contribution in [-0.4, -0.2) is 60.5 Å². The summed E-state index contributed by atoms with van der Waals surface area (Å²) in [6.45, 7) is 4.24. The standard InChI is InChI=1S/C21H25N5O2S2/c27-19(15-2-1-7-23-15)25-18-4-3-16(29-18)21(28)26-11-14(12-26)20-24-10-17(30-20)13-5-8-22-9-6-13/h3-5,10,14-15,22-23H,1-2,6-9,11-12H2,(H,25,27)/t15-/m0/s1. The molecular formula is C21H25N5O2S2. The van der Waals surface area contributed by atoms with Crippen molar-refractivity contribution in [3.63, 3.8) is 0 Å². The molecule has 0 saturated carbocycles. The van der Waals surface area contributed by atoms with Crippen LogP contribution in [0.4, 0.5) is 5.00 Å². The Morgan fingerprint density at radius 1 is 1.20 bits per heavy atom. The van der Waals surface area contributed by atoms with Gasteiger partial charge in [-0.3, -0.25) is 9.59 Å². The van der Waals surface area contributed by atoms with Crippen LogP contribution in [0.5, 0.6) is 0 Å². The zero-order chi connectivity index (χ0) is 20.5. The molecule has 0 bridgehead atoms. The second-order valence-electron chi connectivity index (χ2n) is 7.96. The zero-order valence-electron chi connectivity index (χ0n) is 16.6. The summed E-state index contributed by atoms with van der Waals surface area (Å²) in [4.78, 5) is 33.4. The fourth-order valence-electron chi connectivity index (χ4n) is 4.06. The molecule has 5 heterocycles. The highest BCUT2D eigenvalue weighted by Gasteiger charge is 2.35. The van der Waals surface area contributed by atoms with Crippen molar-refractivity contribution < 1.29 is 9.59 Å². The molecule has 3 aliphatic heterocycles. The van der Waals surface area contributed by atoms with Crippen LogP contribution in [0.15, 0.2) is 24.4 Å². The van der Waals surface area contributed by atoms with Crippen LogP contribution in [-0.2, 0) is 4.79 Å². The Morgan fingerprint density at radius 3 is 2.87 bits per heavy atom. The molecule has 0 aliphatic carbocycles. The molecule has 1 atom stereocenters. The summed E-state index contributed by atoms with van der Waals surface area (Å²) in [6.07, 6.45) is 7.16. The first-order chi connectivity index (χ1) is 14.7. The van der Waals surface area contributed by atoms with E-state index < -0.39 is 0 Å². The van der Waals surface area contributed by atoms with Crippen LogP contribution in [0.3, 0.4) is 0 Å². The largest absolute Gasteiger partial charge is 0.336 e. The lowest BCUT2D eigenvalue weighted by Crippen LogP contribution is -2.48. The van der Waals surface area contributed by atoms with E-state index in [2.05, 4.69) is 27.0 Å². The molecule has 9 heteroatoms. The first-order valence-electron chi connectivity index (χ1n) is 10.5. The highest BCUT2D eigenvalue weighted by atomic mass is 32.1. The number of nitrogens with one attached hydrogen (secondary N) is 3. The van der Waals surface area contributed by atoms with Gasteiger partial charge in [0.1, 0.15) is 0 Å². The van der Waals surface area contributed by atoms with Crippen molar-refractivity contribution in [3.05, 3.63) is 39.2 Å². The summed E-state index contributed by atoms with van der Waals surface area (Å²) in [6, 6.07) is 3.51. The predicted octanol–water partition coefficient (Wildman–Crippen LogP) is 2.51. The predicted molar refractivity (Wildman–Crippen MR) is 120 cm³/mol. The van der Waals surface area contributed by atoms with E-state index in [4.69, 9.17) is 0 Å². The first-order valence-corrected chi connectivity index (χ1v) is 12.1. The highest BCUT2D eigenvalue weighted by Crippen LogP contribution is 2.35. The average molecular weight is 444 g/mol. The van der Waals surface area contributed by atoms with Gasteiger partial charge in [-0.25, -0.2) is 4.98 Å². The summed E-state index contributed by atoms with van der Waals surface area (Å²) in [7, 11) is 0. The first kappa shape index (κ1) is 19.9. The molecule has 2 saturated heterocycles. The quantitative estimate of drug-likeness (QED) is 0.661. The topological polar surface area (TPSA) is 86.4 Å². The molecule has 5 rings (SSSR count). The van der Waals surface area contributed by atoms with E-state index in [1.165, 1.54) is 21.8 Å². The van der Waals surface area contributed by atoms with Gasteiger partial charge in [0, 0.05) is 31.7 Å². The van der Waals surface area contributed by atoms with Gasteiger partial charge in [-0.05, 0) is 50.1 Å². The zero-order valence-corrected chi connectivity index (χ0v) is 18.3. The summed E-state index contributed by atoms with van der Waals surface area (Å²) >= 11 is 3.11. The Labute approximate surface area is 183 Å². The van der Waals surface area contributed by atoms with Crippen LogP contribution < -0.4 is 16.0 Å². The van der Waals surface area contributed by atoms with Crippen LogP contribution in [0.25, 0.3) is 5.57 Å². The summed E-state index contributed by atoms with van der Waals surface area (Å²) < 4.78 is 0. The van der Waals surface area contributed by atoms with Gasteiger partial charge in [-0.2, -0.15) is 0 Å². The molecule has 0 aromatic carbocycles. The third-order valence-electron chi connectivity index (χ3n) is 5.86. The Kier molecular flexibility index (Phi) is 5.68. The average Bonchev–Trinajstić information content (AvgIpc) is 3.49. The monoisotopic (exact) mass is 443 g/mol. The van der Waals surface area contributed by atoms with Crippen molar-refractivity contribution in [2.75, 3.05) is 38.0 Å². The van der Waals surface area contributed by atoms with Crippen molar-refractivity contribution in [3.8, 4) is 0 Å². The second-order valence-corrected chi connectivity index (χ2v) is 10.1. The molecule has 30 heavy (non-hydrogen) atoms. The van der Waals surface area contributed by atoms with Crippen LogP contribution in [0, 0.1) is 0 Å². The van der Waals surface area contributed by atoms with Crippen LogP contribution >= 0.6 is 22.7 Å². The third kappa shape index (κ3) is 4.07. The Morgan fingerprint density at radius 2 is 2.10 bits per heavy atom. The van der Waals surface area contributed by atoms with E-state index in [0.29, 0.717) is 23.9 Å². The van der Waals surface area contributed by atoms with Gasteiger partial charge in [0.15, 0.2) is 0 Å². The lowest BCUT2D eigenvalue weighted by Gasteiger charge is -2.37. The van der Waals surface area contributed by atoms with Crippen LogP contribution in [0.1, 0.15) is 44.7 Å². The van der Waals surface area contributed by atoms with Crippen molar-refractivity contribution >= 4 is 45.1 Å². The molecule has 3 N–H and O–H groups in total. The number of thiophene rings is 1. The van der Waals surface area contributed by atoms with Crippen molar-refractivity contribution in [1.82, 2.24) is 20.5 Å². The molecular weight excluding hydrogens is 418 g/mol. The fraction of sp³-hybridized carbons (Fsp3) is 0.476. The number of likely N-dealkylation sites (tertiary alicyclic amines) is 1. The lowest BCUT2D eigenvalue weighted by molar-refractivity contribution is -0.117. The molecule has 0 radical (unpaired) electrons. The van der Waals surface area contributed by atoms with E-state index in [1.807, 2.05) is 23.2 Å². The van der Waals surface area contributed by atoms with Gasteiger partial charge in [0.2, 0.25) is 5.91 Å². The molecule has 2 amide bonds. The maximum atomic E-state index is 12.8. The Hall–Kier alpha value is -2.07. The van der Waals surface area contributed by atoms with Gasteiger partial charge >= 0.3 is 0 Å². The normalized spacial score (nSPS) is 21.9. The summed E-state index contributed by atoms with van der Waals surface area (Å²) in [5.74, 6) is 0.344.